The van der Waals surface area contributed by atoms with E-state index in [-0.39, 0.29) is 5.78 Å². The van der Waals surface area contributed by atoms with Crippen LogP contribution in [0, 0.1) is 0 Å². The zero-order valence-electron chi connectivity index (χ0n) is 10.2. The summed E-state index contributed by atoms with van der Waals surface area (Å²) in [5.41, 5.74) is 1.65. The van der Waals surface area contributed by atoms with Gasteiger partial charge in [-0.15, -0.1) is 0 Å². The number of hydrogen-bond acceptors (Lipinski definition) is 3. The molecule has 0 spiro atoms. The van der Waals surface area contributed by atoms with Crippen molar-refractivity contribution in [3.8, 4) is 0 Å². The summed E-state index contributed by atoms with van der Waals surface area (Å²) in [5, 5.41) is 0.943. The first kappa shape index (κ1) is 11.7. The van der Waals surface area contributed by atoms with Crippen LogP contribution in [0.25, 0.3) is 10.9 Å². The van der Waals surface area contributed by atoms with Crippen LogP contribution in [-0.4, -0.2) is 36.3 Å². The highest BCUT2D eigenvalue weighted by molar-refractivity contribution is 6.07. The van der Waals surface area contributed by atoms with Gasteiger partial charge in [0.15, 0.2) is 5.78 Å². The first-order chi connectivity index (χ1) is 8.18. The lowest BCUT2D eigenvalue weighted by molar-refractivity contribution is 0.0974. The molecule has 2 rings (SSSR count). The molecule has 88 valence electrons. The Bertz CT molecular complexity index is 529. The molecular formula is C14H16N2O. The smallest absolute Gasteiger partial charge is 0.164 e. The number of pyridine rings is 1. The van der Waals surface area contributed by atoms with Gasteiger partial charge < -0.3 is 4.90 Å². The van der Waals surface area contributed by atoms with Gasteiger partial charge in [0.25, 0.3) is 0 Å². The van der Waals surface area contributed by atoms with Crippen molar-refractivity contribution in [3.05, 3.63) is 42.1 Å². The SMILES string of the molecule is CN(C)CCC(=O)c1cccc2ncccc12. The average Bonchev–Trinajstić information content (AvgIpc) is 2.35. The number of aromatic nitrogens is 1. The maximum absolute atomic E-state index is 12.1. The number of rotatable bonds is 4. The topological polar surface area (TPSA) is 33.2 Å². The summed E-state index contributed by atoms with van der Waals surface area (Å²) in [5.74, 6) is 0.178. The lowest BCUT2D eigenvalue weighted by Gasteiger charge is -2.09. The van der Waals surface area contributed by atoms with Crippen molar-refractivity contribution in [1.82, 2.24) is 9.88 Å². The molecule has 0 fully saturated rings. The molecule has 17 heavy (non-hydrogen) atoms. The van der Waals surface area contributed by atoms with Crippen LogP contribution in [0.15, 0.2) is 36.5 Å². The molecule has 0 amide bonds. The first-order valence-corrected chi connectivity index (χ1v) is 5.70. The van der Waals surface area contributed by atoms with Gasteiger partial charge in [0.2, 0.25) is 0 Å². The highest BCUT2D eigenvalue weighted by Gasteiger charge is 2.10. The van der Waals surface area contributed by atoms with Gasteiger partial charge in [-0.3, -0.25) is 9.78 Å². The van der Waals surface area contributed by atoms with E-state index < -0.39 is 0 Å². The van der Waals surface area contributed by atoms with Crippen LogP contribution in [0.4, 0.5) is 0 Å². The largest absolute Gasteiger partial charge is 0.309 e. The molecule has 1 aromatic carbocycles. The second-order valence-electron chi connectivity index (χ2n) is 4.35. The number of carbonyl (C=O) groups excluding carboxylic acids is 1. The normalized spacial score (nSPS) is 11.0. The maximum atomic E-state index is 12.1. The Morgan fingerprint density at radius 2 is 2.06 bits per heavy atom. The molecular weight excluding hydrogens is 212 g/mol. The molecule has 0 unspecified atom stereocenters. The quantitative estimate of drug-likeness (QED) is 0.753. The molecule has 1 aromatic heterocycles. The number of ketones is 1. The Balaban J connectivity index is 2.32. The van der Waals surface area contributed by atoms with Crippen molar-refractivity contribution in [2.45, 2.75) is 6.42 Å². The fourth-order valence-electron chi connectivity index (χ4n) is 1.81. The van der Waals surface area contributed by atoms with E-state index in [1.165, 1.54) is 0 Å². The average molecular weight is 228 g/mol. The van der Waals surface area contributed by atoms with Crippen molar-refractivity contribution in [1.29, 1.82) is 0 Å². The zero-order chi connectivity index (χ0) is 12.3. The van der Waals surface area contributed by atoms with E-state index in [1.807, 2.05) is 49.3 Å². The number of benzene rings is 1. The summed E-state index contributed by atoms with van der Waals surface area (Å²) >= 11 is 0. The Morgan fingerprint density at radius 1 is 1.24 bits per heavy atom. The van der Waals surface area contributed by atoms with Gasteiger partial charge in [-0.05, 0) is 26.2 Å². The van der Waals surface area contributed by atoms with Crippen LogP contribution >= 0.6 is 0 Å². The highest BCUT2D eigenvalue weighted by atomic mass is 16.1. The second kappa shape index (κ2) is 5.06. The molecule has 2 aromatic rings. The van der Waals surface area contributed by atoms with Gasteiger partial charge in [-0.2, -0.15) is 0 Å². The molecule has 0 aliphatic carbocycles. The van der Waals surface area contributed by atoms with Crippen LogP contribution in [0.3, 0.4) is 0 Å². The number of carbonyl (C=O) groups is 1. The van der Waals surface area contributed by atoms with Crippen molar-refractivity contribution >= 4 is 16.7 Å². The predicted octanol–water partition coefficient (Wildman–Crippen LogP) is 2.37. The lowest BCUT2D eigenvalue weighted by atomic mass is 10.0. The molecule has 0 radical (unpaired) electrons. The molecule has 3 nitrogen and oxygen atoms in total. The Hall–Kier alpha value is -1.74. The van der Waals surface area contributed by atoms with Gasteiger partial charge in [0, 0.05) is 30.1 Å². The summed E-state index contributed by atoms with van der Waals surface area (Å²) in [4.78, 5) is 18.4. The van der Waals surface area contributed by atoms with Crippen molar-refractivity contribution < 1.29 is 4.79 Å². The third-order valence-corrected chi connectivity index (χ3v) is 2.73. The molecule has 0 atom stereocenters. The maximum Gasteiger partial charge on any atom is 0.164 e. The molecule has 0 aliphatic rings. The van der Waals surface area contributed by atoms with Gasteiger partial charge in [0.05, 0.1) is 5.52 Å². The Morgan fingerprint density at radius 3 is 2.82 bits per heavy atom. The minimum absolute atomic E-state index is 0.178. The third-order valence-electron chi connectivity index (χ3n) is 2.73. The second-order valence-corrected chi connectivity index (χ2v) is 4.35. The summed E-state index contributed by atoms with van der Waals surface area (Å²) < 4.78 is 0. The first-order valence-electron chi connectivity index (χ1n) is 5.70. The highest BCUT2D eigenvalue weighted by Crippen LogP contribution is 2.17. The van der Waals surface area contributed by atoms with E-state index in [0.29, 0.717) is 6.42 Å². The third kappa shape index (κ3) is 2.68. The fraction of sp³-hybridized carbons (Fsp3) is 0.286. The number of nitrogens with zero attached hydrogens (tertiary/aromatic N) is 2. The van der Waals surface area contributed by atoms with E-state index in [9.17, 15) is 4.79 Å². The Labute approximate surface area is 101 Å². The minimum Gasteiger partial charge on any atom is -0.309 e. The molecule has 0 N–H and O–H groups in total. The van der Waals surface area contributed by atoms with Crippen molar-refractivity contribution in [2.24, 2.45) is 0 Å². The van der Waals surface area contributed by atoms with Gasteiger partial charge in [0.1, 0.15) is 0 Å². The number of Topliss-reactive ketones (excluding diaryl/α,β-unsaturated/α-hetero) is 1. The van der Waals surface area contributed by atoms with Crippen LogP contribution < -0.4 is 0 Å². The summed E-state index contributed by atoms with van der Waals surface area (Å²) in [6.07, 6.45) is 2.29. The van der Waals surface area contributed by atoms with Crippen molar-refractivity contribution in [3.63, 3.8) is 0 Å². The van der Waals surface area contributed by atoms with E-state index in [1.54, 1.807) is 6.20 Å². The van der Waals surface area contributed by atoms with Crippen molar-refractivity contribution in [2.75, 3.05) is 20.6 Å². The summed E-state index contributed by atoms with van der Waals surface area (Å²) in [6.45, 7) is 0.773. The summed E-state index contributed by atoms with van der Waals surface area (Å²) in [7, 11) is 3.94. The minimum atomic E-state index is 0.178. The van der Waals surface area contributed by atoms with E-state index in [0.717, 1.165) is 23.0 Å². The standard InChI is InChI=1S/C14H16N2O/c1-16(2)10-8-14(17)12-5-3-7-13-11(12)6-4-9-15-13/h3-7,9H,8,10H2,1-2H3. The molecule has 1 heterocycles. The van der Waals surface area contributed by atoms with Gasteiger partial charge in [-0.25, -0.2) is 0 Å². The van der Waals surface area contributed by atoms with E-state index in [2.05, 4.69) is 4.98 Å². The number of fused-ring (bicyclic) bond motifs is 1. The van der Waals surface area contributed by atoms with Crippen LogP contribution in [0.5, 0.6) is 0 Å². The molecule has 0 saturated carbocycles. The fourth-order valence-corrected chi connectivity index (χ4v) is 1.81. The molecule has 0 bridgehead atoms. The lowest BCUT2D eigenvalue weighted by Crippen LogP contribution is -2.16. The molecule has 3 heteroatoms. The van der Waals surface area contributed by atoms with Gasteiger partial charge in [-0.1, -0.05) is 18.2 Å². The molecule has 0 saturated heterocycles. The Kier molecular flexibility index (Phi) is 3.49. The summed E-state index contributed by atoms with van der Waals surface area (Å²) in [6, 6.07) is 9.51. The van der Waals surface area contributed by atoms with Crippen LogP contribution in [0.1, 0.15) is 16.8 Å². The van der Waals surface area contributed by atoms with Gasteiger partial charge >= 0.3 is 0 Å². The number of hydrogen-bond donors (Lipinski definition) is 0. The molecule has 0 aliphatic heterocycles. The van der Waals surface area contributed by atoms with Crippen LogP contribution in [0.2, 0.25) is 0 Å². The monoisotopic (exact) mass is 228 g/mol. The predicted molar refractivity (Wildman–Crippen MR) is 69.2 cm³/mol. The zero-order valence-corrected chi connectivity index (χ0v) is 10.2. The van der Waals surface area contributed by atoms with E-state index >= 15 is 0 Å². The van der Waals surface area contributed by atoms with Crippen LogP contribution in [-0.2, 0) is 0 Å². The van der Waals surface area contributed by atoms with E-state index in [4.69, 9.17) is 0 Å².